The number of nitrogens with one attached hydrogen (secondary N) is 2. The predicted molar refractivity (Wildman–Crippen MR) is 77.3 cm³/mol. The van der Waals surface area contributed by atoms with Crippen molar-refractivity contribution in [3.63, 3.8) is 0 Å². The molecule has 2 N–H and O–H groups in total. The highest BCUT2D eigenvalue weighted by Crippen LogP contribution is 2.13. The van der Waals surface area contributed by atoms with Gasteiger partial charge in [-0.3, -0.25) is 4.98 Å². The first kappa shape index (κ1) is 13.3. The minimum atomic E-state index is 0.670. The maximum absolute atomic E-state index is 4.41. The second kappa shape index (κ2) is 6.13. The summed E-state index contributed by atoms with van der Waals surface area (Å²) >= 11 is 0. The van der Waals surface area contributed by atoms with Crippen molar-refractivity contribution in [3.05, 3.63) is 41.5 Å². The SMILES string of the molecule is CCc1cccnc1CNc1cc(NC)nc(C)n1. The van der Waals surface area contributed by atoms with Crippen LogP contribution in [0.15, 0.2) is 24.4 Å². The van der Waals surface area contributed by atoms with Crippen molar-refractivity contribution < 1.29 is 0 Å². The third-order valence-electron chi connectivity index (χ3n) is 2.90. The zero-order chi connectivity index (χ0) is 13.7. The molecule has 2 aromatic rings. The van der Waals surface area contributed by atoms with E-state index >= 15 is 0 Å². The van der Waals surface area contributed by atoms with Gasteiger partial charge in [-0.15, -0.1) is 0 Å². The number of anilines is 2. The molecule has 5 heteroatoms. The second-order valence-corrected chi connectivity index (χ2v) is 4.25. The molecular formula is C14H19N5. The standard InChI is InChI=1S/C14H19N5/c1-4-11-6-5-7-16-12(11)9-17-14-8-13(15-3)18-10(2)19-14/h5-8H,4,9H2,1-3H3,(H2,15,17,18,19). The molecule has 0 aliphatic carbocycles. The second-order valence-electron chi connectivity index (χ2n) is 4.25. The highest BCUT2D eigenvalue weighted by Gasteiger charge is 2.04. The van der Waals surface area contributed by atoms with E-state index in [2.05, 4.69) is 38.6 Å². The Morgan fingerprint density at radius 2 is 2.00 bits per heavy atom. The van der Waals surface area contributed by atoms with Crippen molar-refractivity contribution in [1.82, 2.24) is 15.0 Å². The normalized spacial score (nSPS) is 10.3. The van der Waals surface area contributed by atoms with Crippen LogP contribution in [0.1, 0.15) is 24.0 Å². The van der Waals surface area contributed by atoms with Crippen LogP contribution in [0, 0.1) is 6.92 Å². The third-order valence-corrected chi connectivity index (χ3v) is 2.90. The van der Waals surface area contributed by atoms with E-state index < -0.39 is 0 Å². The average Bonchev–Trinajstić information content (AvgIpc) is 2.44. The van der Waals surface area contributed by atoms with E-state index in [0.717, 1.165) is 29.6 Å². The molecule has 19 heavy (non-hydrogen) atoms. The van der Waals surface area contributed by atoms with E-state index in [0.29, 0.717) is 6.54 Å². The molecule has 0 saturated carbocycles. The lowest BCUT2D eigenvalue weighted by molar-refractivity contribution is 0.953. The monoisotopic (exact) mass is 257 g/mol. The van der Waals surface area contributed by atoms with Crippen LogP contribution in [0.5, 0.6) is 0 Å². The van der Waals surface area contributed by atoms with Gasteiger partial charge in [0.1, 0.15) is 17.5 Å². The molecule has 0 saturated heterocycles. The fraction of sp³-hybridized carbons (Fsp3) is 0.357. The summed E-state index contributed by atoms with van der Waals surface area (Å²) < 4.78 is 0. The first-order valence-electron chi connectivity index (χ1n) is 6.43. The number of aryl methyl sites for hydroxylation is 2. The van der Waals surface area contributed by atoms with Crippen molar-refractivity contribution >= 4 is 11.6 Å². The van der Waals surface area contributed by atoms with E-state index in [-0.39, 0.29) is 0 Å². The number of nitrogens with zero attached hydrogens (tertiary/aromatic N) is 3. The summed E-state index contributed by atoms with van der Waals surface area (Å²) in [6, 6.07) is 5.96. The molecule has 0 fully saturated rings. The lowest BCUT2D eigenvalue weighted by Crippen LogP contribution is -2.08. The summed E-state index contributed by atoms with van der Waals surface area (Å²) in [7, 11) is 1.85. The Morgan fingerprint density at radius 1 is 1.21 bits per heavy atom. The summed E-state index contributed by atoms with van der Waals surface area (Å²) in [6.45, 7) is 4.68. The number of pyridine rings is 1. The van der Waals surface area contributed by atoms with Crippen molar-refractivity contribution in [2.75, 3.05) is 17.7 Å². The quantitative estimate of drug-likeness (QED) is 0.861. The number of aromatic nitrogens is 3. The van der Waals surface area contributed by atoms with E-state index in [1.165, 1.54) is 5.56 Å². The summed E-state index contributed by atoms with van der Waals surface area (Å²) in [5.41, 5.74) is 2.32. The van der Waals surface area contributed by atoms with Gasteiger partial charge < -0.3 is 10.6 Å². The molecule has 0 atom stereocenters. The van der Waals surface area contributed by atoms with Gasteiger partial charge in [-0.25, -0.2) is 9.97 Å². The maximum atomic E-state index is 4.41. The summed E-state index contributed by atoms with van der Waals surface area (Å²) in [5.74, 6) is 2.36. The molecule has 2 rings (SSSR count). The Morgan fingerprint density at radius 3 is 2.74 bits per heavy atom. The van der Waals surface area contributed by atoms with E-state index in [9.17, 15) is 0 Å². The van der Waals surface area contributed by atoms with E-state index in [4.69, 9.17) is 0 Å². The summed E-state index contributed by atoms with van der Waals surface area (Å²) in [5, 5.41) is 6.32. The molecule has 2 aromatic heterocycles. The molecular weight excluding hydrogens is 238 g/mol. The number of hydrogen-bond acceptors (Lipinski definition) is 5. The van der Waals surface area contributed by atoms with Crippen molar-refractivity contribution in [1.29, 1.82) is 0 Å². The van der Waals surface area contributed by atoms with Gasteiger partial charge in [-0.1, -0.05) is 13.0 Å². The largest absolute Gasteiger partial charge is 0.373 e. The minimum Gasteiger partial charge on any atom is -0.373 e. The first-order valence-corrected chi connectivity index (χ1v) is 6.43. The fourth-order valence-electron chi connectivity index (χ4n) is 1.91. The molecule has 0 spiro atoms. The van der Waals surface area contributed by atoms with E-state index in [1.807, 2.05) is 32.3 Å². The van der Waals surface area contributed by atoms with E-state index in [1.54, 1.807) is 0 Å². The van der Waals surface area contributed by atoms with Crippen LogP contribution in [-0.2, 0) is 13.0 Å². The van der Waals surface area contributed by atoms with Crippen LogP contribution in [0.4, 0.5) is 11.6 Å². The molecule has 5 nitrogen and oxygen atoms in total. The lowest BCUT2D eigenvalue weighted by Gasteiger charge is -2.10. The highest BCUT2D eigenvalue weighted by molar-refractivity contribution is 5.47. The van der Waals surface area contributed by atoms with Gasteiger partial charge in [0.2, 0.25) is 0 Å². The average molecular weight is 257 g/mol. The Kier molecular flexibility index (Phi) is 4.28. The maximum Gasteiger partial charge on any atom is 0.132 e. The zero-order valence-corrected chi connectivity index (χ0v) is 11.6. The highest BCUT2D eigenvalue weighted by atomic mass is 15.1. The molecule has 0 aliphatic rings. The minimum absolute atomic E-state index is 0.670. The molecule has 100 valence electrons. The van der Waals surface area contributed by atoms with Crippen LogP contribution in [0.2, 0.25) is 0 Å². The fourth-order valence-corrected chi connectivity index (χ4v) is 1.91. The van der Waals surface area contributed by atoms with Gasteiger partial charge in [0.15, 0.2) is 0 Å². The molecule has 0 radical (unpaired) electrons. The van der Waals surface area contributed by atoms with Gasteiger partial charge in [0, 0.05) is 19.3 Å². The Balaban J connectivity index is 2.12. The Labute approximate surface area is 113 Å². The molecule has 0 bridgehead atoms. The van der Waals surface area contributed by atoms with Gasteiger partial charge >= 0.3 is 0 Å². The molecule has 0 aliphatic heterocycles. The van der Waals surface area contributed by atoms with Crippen LogP contribution in [0.3, 0.4) is 0 Å². The first-order chi connectivity index (χ1) is 9.22. The number of rotatable bonds is 5. The van der Waals surface area contributed by atoms with Crippen LogP contribution < -0.4 is 10.6 Å². The zero-order valence-electron chi connectivity index (χ0n) is 11.6. The Hall–Kier alpha value is -2.17. The molecule has 2 heterocycles. The van der Waals surface area contributed by atoms with Crippen LogP contribution in [0.25, 0.3) is 0 Å². The summed E-state index contributed by atoms with van der Waals surface area (Å²) in [4.78, 5) is 13.0. The molecule has 0 amide bonds. The molecule has 0 aromatic carbocycles. The summed E-state index contributed by atoms with van der Waals surface area (Å²) in [6.07, 6.45) is 2.80. The molecule has 0 unspecified atom stereocenters. The Bertz CT molecular complexity index is 553. The predicted octanol–water partition coefficient (Wildman–Crippen LogP) is 2.40. The lowest BCUT2D eigenvalue weighted by atomic mass is 10.1. The van der Waals surface area contributed by atoms with Gasteiger partial charge in [-0.2, -0.15) is 0 Å². The third kappa shape index (κ3) is 3.40. The van der Waals surface area contributed by atoms with Crippen molar-refractivity contribution in [3.8, 4) is 0 Å². The smallest absolute Gasteiger partial charge is 0.132 e. The van der Waals surface area contributed by atoms with Crippen molar-refractivity contribution in [2.45, 2.75) is 26.8 Å². The van der Waals surface area contributed by atoms with Crippen LogP contribution in [-0.4, -0.2) is 22.0 Å². The number of hydrogen-bond donors (Lipinski definition) is 2. The van der Waals surface area contributed by atoms with Crippen LogP contribution >= 0.6 is 0 Å². The van der Waals surface area contributed by atoms with Gasteiger partial charge in [0.05, 0.1) is 12.2 Å². The van der Waals surface area contributed by atoms with Gasteiger partial charge in [0.25, 0.3) is 0 Å². The van der Waals surface area contributed by atoms with Crippen molar-refractivity contribution in [2.24, 2.45) is 0 Å². The van der Waals surface area contributed by atoms with Gasteiger partial charge in [-0.05, 0) is 25.0 Å². The topological polar surface area (TPSA) is 62.7 Å².